The quantitative estimate of drug-likeness (QED) is 0.120. The Morgan fingerprint density at radius 1 is 0.766 bits per heavy atom. The first-order chi connectivity index (χ1) is 23.1. The van der Waals surface area contributed by atoms with Crippen molar-refractivity contribution in [1.29, 1.82) is 0 Å². The minimum absolute atomic E-state index is 0.344. The normalized spacial score (nSPS) is 11.2. The predicted octanol–water partition coefficient (Wildman–Crippen LogP) is 8.85. The van der Waals surface area contributed by atoms with Crippen molar-refractivity contribution >= 4 is 28.6 Å². The zero-order valence-corrected chi connectivity index (χ0v) is 26.1. The van der Waals surface area contributed by atoms with Crippen molar-refractivity contribution < 1.29 is 4.79 Å². The summed E-state index contributed by atoms with van der Waals surface area (Å²) in [6.45, 7) is 8.68. The van der Waals surface area contributed by atoms with Gasteiger partial charge in [-0.3, -0.25) is 0 Å². The summed E-state index contributed by atoms with van der Waals surface area (Å²) in [7, 11) is 0. The van der Waals surface area contributed by atoms with Gasteiger partial charge >= 0.3 is 6.03 Å². The fraction of sp³-hybridized carbons (Fsp3) is 0.0750. The molecule has 0 saturated carbocycles. The smallest absolute Gasteiger partial charge is 0.323 e. The number of nitrogens with zero attached hydrogens (tertiary/aromatic N) is 3. The lowest BCUT2D eigenvalue weighted by Gasteiger charge is -2.13. The van der Waals surface area contributed by atoms with Gasteiger partial charge in [0.2, 0.25) is 0 Å². The van der Waals surface area contributed by atoms with Crippen molar-refractivity contribution in [2.75, 3.05) is 17.2 Å². The molecule has 2 aromatic heterocycles. The lowest BCUT2D eigenvalue weighted by Crippen LogP contribution is -2.27. The maximum atomic E-state index is 12.4. The van der Waals surface area contributed by atoms with E-state index in [2.05, 4.69) is 106 Å². The number of amides is 2. The number of hydrogen-bond donors (Lipinski definition) is 3. The third-order valence-electron chi connectivity index (χ3n) is 7.83. The molecule has 0 aliphatic carbocycles. The Labute approximate surface area is 275 Å². The zero-order chi connectivity index (χ0) is 32.4. The van der Waals surface area contributed by atoms with Crippen LogP contribution in [0.25, 0.3) is 33.4 Å². The van der Waals surface area contributed by atoms with Crippen LogP contribution in [0.1, 0.15) is 11.1 Å². The van der Waals surface area contributed by atoms with Gasteiger partial charge in [-0.15, -0.1) is 0 Å². The van der Waals surface area contributed by atoms with Gasteiger partial charge < -0.3 is 20.5 Å². The first-order valence-corrected chi connectivity index (χ1v) is 15.5. The van der Waals surface area contributed by atoms with Gasteiger partial charge in [0.1, 0.15) is 17.8 Å². The summed E-state index contributed by atoms with van der Waals surface area (Å²) in [4.78, 5) is 22.0. The molecule has 6 aromatic rings. The average Bonchev–Trinajstić information content (AvgIpc) is 3.44. The van der Waals surface area contributed by atoms with Crippen LogP contribution >= 0.6 is 0 Å². The Morgan fingerprint density at radius 3 is 2.09 bits per heavy atom. The van der Waals surface area contributed by atoms with Gasteiger partial charge in [0.05, 0.1) is 11.1 Å². The number of hydrogen-bond acceptors (Lipinski definition) is 4. The molecular weight excluding hydrogens is 580 g/mol. The van der Waals surface area contributed by atoms with Crippen molar-refractivity contribution in [2.45, 2.75) is 13.0 Å². The molecule has 0 aliphatic rings. The Bertz CT molecular complexity index is 2010. The molecule has 232 valence electrons. The number of carbonyl (C=O) groups excluding carboxylic acids is 1. The number of aromatic nitrogens is 3. The number of urea groups is 1. The second-order valence-corrected chi connectivity index (χ2v) is 11.0. The molecule has 0 saturated heterocycles. The molecule has 0 aliphatic heterocycles. The van der Waals surface area contributed by atoms with Gasteiger partial charge in [-0.1, -0.05) is 122 Å². The Balaban J connectivity index is 1.30. The highest BCUT2D eigenvalue weighted by Gasteiger charge is 2.24. The van der Waals surface area contributed by atoms with Gasteiger partial charge in [0.15, 0.2) is 0 Å². The molecule has 2 heterocycles. The molecule has 47 heavy (non-hydrogen) atoms. The fourth-order valence-corrected chi connectivity index (χ4v) is 5.67. The van der Waals surface area contributed by atoms with E-state index in [4.69, 9.17) is 9.97 Å². The third kappa shape index (κ3) is 7.21. The Morgan fingerprint density at radius 2 is 1.43 bits per heavy atom. The highest BCUT2D eigenvalue weighted by Crippen LogP contribution is 2.43. The van der Waals surface area contributed by atoms with Crippen molar-refractivity contribution in [3.8, 4) is 22.4 Å². The molecule has 3 N–H and O–H groups in total. The largest absolute Gasteiger partial charge is 0.369 e. The summed E-state index contributed by atoms with van der Waals surface area (Å²) in [6.07, 6.45) is 7.24. The molecule has 2 amide bonds. The lowest BCUT2D eigenvalue weighted by molar-refractivity contribution is 0.254. The fourth-order valence-electron chi connectivity index (χ4n) is 5.67. The maximum absolute atomic E-state index is 12.4. The molecule has 0 spiro atoms. The predicted molar refractivity (Wildman–Crippen MR) is 193 cm³/mol. The highest BCUT2D eigenvalue weighted by atomic mass is 16.2. The highest BCUT2D eigenvalue weighted by molar-refractivity contribution is 6.08. The van der Waals surface area contributed by atoms with Crippen molar-refractivity contribution in [3.63, 3.8) is 0 Å². The van der Waals surface area contributed by atoms with Crippen LogP contribution in [0.5, 0.6) is 0 Å². The average molecular weight is 617 g/mol. The van der Waals surface area contributed by atoms with Gasteiger partial charge in [-0.25, -0.2) is 14.8 Å². The molecular formula is C40H36N6O. The van der Waals surface area contributed by atoms with Gasteiger partial charge in [-0.05, 0) is 53.0 Å². The first-order valence-electron chi connectivity index (χ1n) is 15.5. The molecule has 0 bridgehead atoms. The van der Waals surface area contributed by atoms with E-state index in [-0.39, 0.29) is 6.03 Å². The summed E-state index contributed by atoms with van der Waals surface area (Å²) in [6, 6.07) is 38.9. The van der Waals surface area contributed by atoms with Crippen LogP contribution in [-0.2, 0) is 13.0 Å². The summed E-state index contributed by atoms with van der Waals surface area (Å²) >= 11 is 0. The van der Waals surface area contributed by atoms with Crippen LogP contribution < -0.4 is 16.0 Å². The standard InChI is InChI=1S/C40H36N6O/c1-3-14-33(4-2)44-40(47)45-34-23-21-29(22-24-34)25-26-41-38-36-35(31-17-10-6-11-18-31)37(32-19-12-7-13-20-32)46(39(36)43-28-42-38)27-30-15-8-5-9-16-30/h3-24,28H,1-2,25-27H2,(H,41,42,43)(H2,44,45,47)/b33-14+. The molecule has 0 unspecified atom stereocenters. The summed E-state index contributed by atoms with van der Waals surface area (Å²) in [5, 5.41) is 10.2. The molecule has 4 aromatic carbocycles. The minimum atomic E-state index is -0.344. The van der Waals surface area contributed by atoms with Crippen LogP contribution in [0.2, 0.25) is 0 Å². The van der Waals surface area contributed by atoms with E-state index in [9.17, 15) is 4.79 Å². The zero-order valence-electron chi connectivity index (χ0n) is 26.1. The van der Waals surface area contributed by atoms with E-state index >= 15 is 0 Å². The van der Waals surface area contributed by atoms with E-state index in [0.717, 1.165) is 51.2 Å². The van der Waals surface area contributed by atoms with E-state index < -0.39 is 0 Å². The number of rotatable bonds is 12. The maximum Gasteiger partial charge on any atom is 0.323 e. The number of nitrogens with one attached hydrogen (secondary N) is 3. The van der Waals surface area contributed by atoms with Gasteiger partial charge in [0.25, 0.3) is 0 Å². The molecule has 7 heteroatoms. The molecule has 0 atom stereocenters. The molecule has 0 fully saturated rings. The second-order valence-electron chi connectivity index (χ2n) is 11.0. The van der Waals surface area contributed by atoms with E-state index in [1.165, 1.54) is 5.56 Å². The minimum Gasteiger partial charge on any atom is -0.369 e. The number of benzene rings is 4. The summed E-state index contributed by atoms with van der Waals surface area (Å²) in [5.74, 6) is 0.790. The van der Waals surface area contributed by atoms with Crippen molar-refractivity contribution in [2.24, 2.45) is 0 Å². The summed E-state index contributed by atoms with van der Waals surface area (Å²) in [5.41, 5.74) is 8.88. The Hall–Kier alpha value is -6.21. The molecule has 7 nitrogen and oxygen atoms in total. The van der Waals surface area contributed by atoms with Crippen molar-refractivity contribution in [3.05, 3.63) is 170 Å². The molecule has 0 radical (unpaired) electrons. The topological polar surface area (TPSA) is 83.9 Å². The molecule has 6 rings (SSSR count). The van der Waals surface area contributed by atoms with Crippen LogP contribution in [-0.4, -0.2) is 27.1 Å². The second kappa shape index (κ2) is 14.7. The number of anilines is 2. The van der Waals surface area contributed by atoms with Crippen LogP contribution in [0.15, 0.2) is 159 Å². The summed E-state index contributed by atoms with van der Waals surface area (Å²) < 4.78 is 2.31. The van der Waals surface area contributed by atoms with Crippen molar-refractivity contribution in [1.82, 2.24) is 19.9 Å². The lowest BCUT2D eigenvalue weighted by atomic mass is 9.98. The van der Waals surface area contributed by atoms with Crippen LogP contribution in [0.4, 0.5) is 16.3 Å². The number of carbonyl (C=O) groups is 1. The SMILES string of the molecule is C=C/C=C(\C=C)NC(=O)Nc1ccc(CCNc2ncnc3c2c(-c2ccccc2)c(-c2ccccc2)n3Cc2ccccc2)cc1. The Kier molecular flexibility index (Phi) is 9.64. The number of fused-ring (bicyclic) bond motifs is 1. The third-order valence-corrected chi connectivity index (χ3v) is 7.83. The van der Waals surface area contributed by atoms with E-state index in [0.29, 0.717) is 24.5 Å². The van der Waals surface area contributed by atoms with E-state index in [1.807, 2.05) is 42.5 Å². The first kappa shape index (κ1) is 30.8. The van der Waals surface area contributed by atoms with Crippen LogP contribution in [0, 0.1) is 0 Å². The van der Waals surface area contributed by atoms with Gasteiger partial charge in [-0.2, -0.15) is 0 Å². The van der Waals surface area contributed by atoms with Crippen LogP contribution in [0.3, 0.4) is 0 Å². The van der Waals surface area contributed by atoms with Gasteiger partial charge in [0, 0.05) is 30.0 Å². The van der Waals surface area contributed by atoms with E-state index in [1.54, 1.807) is 24.6 Å². The number of allylic oxidation sites excluding steroid dienone is 3. The monoisotopic (exact) mass is 616 g/mol.